The standard InChI is InChI=1S/C14H15N5OS/c1-14-8-7-11(20)18(14)9-5-3-4-6-10(9)19-12(16-14)15-13(17-19)21-2/h3-6H,7-8H2,1-2H3,(H,15,16,17). The number of carbonyl (C=O) groups is 1. The van der Waals surface area contributed by atoms with Gasteiger partial charge in [-0.15, -0.1) is 5.10 Å². The Morgan fingerprint density at radius 1 is 1.33 bits per heavy atom. The van der Waals surface area contributed by atoms with Crippen molar-refractivity contribution in [3.05, 3.63) is 24.3 Å². The Bertz CT molecular complexity index is 743. The largest absolute Gasteiger partial charge is 0.331 e. The summed E-state index contributed by atoms with van der Waals surface area (Å²) in [7, 11) is 0. The molecule has 1 N–H and O–H groups in total. The number of hydrogen-bond acceptors (Lipinski definition) is 5. The molecule has 1 unspecified atom stereocenters. The summed E-state index contributed by atoms with van der Waals surface area (Å²) in [5.41, 5.74) is 1.31. The first-order chi connectivity index (χ1) is 10.1. The molecule has 0 aliphatic carbocycles. The average Bonchev–Trinajstić information content (AvgIpc) is 2.98. The SMILES string of the molecule is CSc1nc2n(n1)-c1ccccc1N1C(=O)CCC1(C)N2. The van der Waals surface area contributed by atoms with Crippen molar-refractivity contribution < 1.29 is 4.79 Å². The van der Waals surface area contributed by atoms with Crippen LogP contribution in [0.15, 0.2) is 29.4 Å². The molecule has 4 rings (SSSR count). The van der Waals surface area contributed by atoms with Gasteiger partial charge in [0.2, 0.25) is 17.0 Å². The second-order valence-electron chi connectivity index (χ2n) is 5.45. The molecule has 1 aromatic carbocycles. The first-order valence-corrected chi connectivity index (χ1v) is 8.06. The topological polar surface area (TPSA) is 63.1 Å². The first-order valence-electron chi connectivity index (χ1n) is 6.84. The Hall–Kier alpha value is -2.02. The highest BCUT2D eigenvalue weighted by atomic mass is 32.2. The maximum atomic E-state index is 12.4. The molecule has 6 nitrogen and oxygen atoms in total. The van der Waals surface area contributed by atoms with Crippen molar-refractivity contribution in [2.45, 2.75) is 30.6 Å². The van der Waals surface area contributed by atoms with Crippen LogP contribution >= 0.6 is 11.8 Å². The van der Waals surface area contributed by atoms with Crippen LogP contribution in [0.25, 0.3) is 5.69 Å². The van der Waals surface area contributed by atoms with E-state index in [0.29, 0.717) is 17.5 Å². The first kappa shape index (κ1) is 12.7. The molecule has 1 amide bonds. The molecule has 2 aliphatic heterocycles. The summed E-state index contributed by atoms with van der Waals surface area (Å²) in [6.07, 6.45) is 3.25. The zero-order valence-electron chi connectivity index (χ0n) is 11.8. The van der Waals surface area contributed by atoms with Gasteiger partial charge in [-0.05, 0) is 31.7 Å². The van der Waals surface area contributed by atoms with E-state index in [2.05, 4.69) is 15.4 Å². The number of aromatic nitrogens is 3. The van der Waals surface area contributed by atoms with Crippen LogP contribution in [0.1, 0.15) is 19.8 Å². The predicted molar refractivity (Wildman–Crippen MR) is 81.9 cm³/mol. The highest BCUT2D eigenvalue weighted by Crippen LogP contribution is 2.41. The molecular formula is C14H15N5OS. The van der Waals surface area contributed by atoms with Gasteiger partial charge in [-0.1, -0.05) is 23.9 Å². The van der Waals surface area contributed by atoms with Gasteiger partial charge in [0.05, 0.1) is 11.4 Å². The zero-order valence-corrected chi connectivity index (χ0v) is 12.6. The Balaban J connectivity index is 2.00. The number of hydrogen-bond donors (Lipinski definition) is 1. The van der Waals surface area contributed by atoms with Crippen molar-refractivity contribution in [1.29, 1.82) is 0 Å². The molecule has 0 radical (unpaired) electrons. The van der Waals surface area contributed by atoms with Gasteiger partial charge in [-0.2, -0.15) is 9.67 Å². The summed E-state index contributed by atoms with van der Waals surface area (Å²) in [5, 5.41) is 8.65. The van der Waals surface area contributed by atoms with Crippen molar-refractivity contribution in [1.82, 2.24) is 14.8 Å². The molecule has 3 heterocycles. The van der Waals surface area contributed by atoms with E-state index in [4.69, 9.17) is 0 Å². The monoisotopic (exact) mass is 301 g/mol. The maximum absolute atomic E-state index is 12.4. The molecule has 0 bridgehead atoms. The number of benzene rings is 1. The van der Waals surface area contributed by atoms with Crippen LogP contribution in [0.4, 0.5) is 11.6 Å². The Labute approximate surface area is 126 Å². The highest BCUT2D eigenvalue weighted by molar-refractivity contribution is 7.98. The van der Waals surface area contributed by atoms with Crippen LogP contribution in [-0.4, -0.2) is 32.6 Å². The van der Waals surface area contributed by atoms with Crippen LogP contribution in [0.3, 0.4) is 0 Å². The van der Waals surface area contributed by atoms with Crippen molar-refractivity contribution in [3.63, 3.8) is 0 Å². The summed E-state index contributed by atoms with van der Waals surface area (Å²) in [6.45, 7) is 2.04. The van der Waals surface area contributed by atoms with E-state index in [9.17, 15) is 4.79 Å². The third-order valence-corrected chi connectivity index (χ3v) is 4.61. The smallest absolute Gasteiger partial charge is 0.229 e. The van der Waals surface area contributed by atoms with Gasteiger partial charge in [-0.25, -0.2) is 0 Å². The quantitative estimate of drug-likeness (QED) is 0.819. The van der Waals surface area contributed by atoms with Gasteiger partial charge in [0.25, 0.3) is 0 Å². The lowest BCUT2D eigenvalue weighted by atomic mass is 10.1. The number of nitrogens with one attached hydrogen (secondary N) is 1. The molecule has 1 fully saturated rings. The third-order valence-electron chi connectivity index (χ3n) is 4.07. The van der Waals surface area contributed by atoms with Gasteiger partial charge in [0.1, 0.15) is 5.66 Å². The minimum Gasteiger partial charge on any atom is -0.331 e. The summed E-state index contributed by atoms with van der Waals surface area (Å²) in [5.74, 6) is 0.819. The normalized spacial score (nSPS) is 23.1. The van der Waals surface area contributed by atoms with Crippen molar-refractivity contribution in [2.75, 3.05) is 16.5 Å². The lowest BCUT2D eigenvalue weighted by Crippen LogP contribution is -2.49. The third kappa shape index (κ3) is 1.70. The molecule has 0 saturated carbocycles. The van der Waals surface area contributed by atoms with Crippen LogP contribution < -0.4 is 10.2 Å². The predicted octanol–water partition coefficient (Wildman–Crippen LogP) is 2.26. The molecule has 2 aliphatic rings. The number of anilines is 2. The average molecular weight is 301 g/mol. The Morgan fingerprint density at radius 3 is 2.86 bits per heavy atom. The van der Waals surface area contributed by atoms with E-state index in [1.54, 1.807) is 4.68 Å². The molecule has 108 valence electrons. The number of para-hydroxylation sites is 2. The van der Waals surface area contributed by atoms with Gasteiger partial charge in [0, 0.05) is 6.42 Å². The van der Waals surface area contributed by atoms with Crippen LogP contribution in [0, 0.1) is 0 Å². The molecule has 2 aromatic rings. The van der Waals surface area contributed by atoms with Gasteiger partial charge >= 0.3 is 0 Å². The van der Waals surface area contributed by atoms with E-state index in [-0.39, 0.29) is 5.91 Å². The molecule has 1 atom stereocenters. The molecule has 21 heavy (non-hydrogen) atoms. The second-order valence-corrected chi connectivity index (χ2v) is 6.22. The van der Waals surface area contributed by atoms with Crippen LogP contribution in [0.2, 0.25) is 0 Å². The van der Waals surface area contributed by atoms with E-state index in [1.165, 1.54) is 11.8 Å². The minimum atomic E-state index is -0.454. The van der Waals surface area contributed by atoms with Crippen LogP contribution in [0.5, 0.6) is 0 Å². The van der Waals surface area contributed by atoms with E-state index >= 15 is 0 Å². The highest BCUT2D eigenvalue weighted by Gasteiger charge is 2.46. The lowest BCUT2D eigenvalue weighted by Gasteiger charge is -2.34. The summed E-state index contributed by atoms with van der Waals surface area (Å²) in [6, 6.07) is 7.83. The van der Waals surface area contributed by atoms with E-state index < -0.39 is 5.66 Å². The molecular weight excluding hydrogens is 286 g/mol. The number of rotatable bonds is 1. The summed E-state index contributed by atoms with van der Waals surface area (Å²) < 4.78 is 1.79. The molecule has 1 aromatic heterocycles. The Morgan fingerprint density at radius 2 is 2.10 bits per heavy atom. The van der Waals surface area contributed by atoms with Crippen molar-refractivity contribution in [3.8, 4) is 5.69 Å². The number of carbonyl (C=O) groups excluding carboxylic acids is 1. The van der Waals surface area contributed by atoms with Gasteiger partial charge < -0.3 is 5.32 Å². The molecule has 0 spiro atoms. The van der Waals surface area contributed by atoms with Crippen molar-refractivity contribution >= 4 is 29.3 Å². The van der Waals surface area contributed by atoms with E-state index in [1.807, 2.05) is 42.3 Å². The number of nitrogens with zero attached hydrogens (tertiary/aromatic N) is 4. The van der Waals surface area contributed by atoms with Crippen molar-refractivity contribution in [2.24, 2.45) is 0 Å². The van der Waals surface area contributed by atoms with Crippen LogP contribution in [-0.2, 0) is 4.79 Å². The fourth-order valence-electron chi connectivity index (χ4n) is 3.07. The zero-order chi connectivity index (χ0) is 14.6. The Kier molecular flexibility index (Phi) is 2.56. The maximum Gasteiger partial charge on any atom is 0.229 e. The fraction of sp³-hybridized carbons (Fsp3) is 0.357. The second kappa shape index (κ2) is 4.24. The molecule has 1 saturated heterocycles. The lowest BCUT2D eigenvalue weighted by molar-refractivity contribution is -0.117. The fourth-order valence-corrected chi connectivity index (χ4v) is 3.41. The number of thioether (sulfide) groups is 1. The summed E-state index contributed by atoms with van der Waals surface area (Å²) >= 11 is 1.50. The number of fused-ring (bicyclic) bond motifs is 5. The van der Waals surface area contributed by atoms with Gasteiger partial charge in [-0.3, -0.25) is 9.69 Å². The summed E-state index contributed by atoms with van der Waals surface area (Å²) in [4.78, 5) is 18.7. The van der Waals surface area contributed by atoms with E-state index in [0.717, 1.165) is 17.8 Å². The number of amides is 1. The minimum absolute atomic E-state index is 0.133. The molecule has 7 heteroatoms. The van der Waals surface area contributed by atoms with Gasteiger partial charge in [0.15, 0.2) is 0 Å².